The first-order valence-corrected chi connectivity index (χ1v) is 5.57. The maximum absolute atomic E-state index is 11.4. The van der Waals surface area contributed by atoms with E-state index in [-0.39, 0.29) is 18.3 Å². The molecule has 0 aliphatic carbocycles. The van der Waals surface area contributed by atoms with E-state index in [1.807, 2.05) is 12.1 Å². The zero-order valence-corrected chi connectivity index (χ0v) is 10.9. The van der Waals surface area contributed by atoms with Crippen LogP contribution in [-0.2, 0) is 9.53 Å². The maximum Gasteiger partial charge on any atom is 0.306 e. The van der Waals surface area contributed by atoms with Gasteiger partial charge in [-0.05, 0) is 18.2 Å². The fraction of sp³-hybridized carbons (Fsp3) is 0.357. The van der Waals surface area contributed by atoms with E-state index in [0.29, 0.717) is 11.5 Å². The highest BCUT2D eigenvalue weighted by molar-refractivity contribution is 5.71. The van der Waals surface area contributed by atoms with Gasteiger partial charge in [0.25, 0.3) is 0 Å². The molecule has 1 atom stereocenters. The van der Waals surface area contributed by atoms with E-state index < -0.39 is 0 Å². The number of benzene rings is 1. The van der Waals surface area contributed by atoms with Crippen molar-refractivity contribution in [2.24, 2.45) is 0 Å². The second kappa shape index (κ2) is 6.69. The van der Waals surface area contributed by atoms with Crippen molar-refractivity contribution in [1.29, 1.82) is 0 Å². The number of carbonyl (C=O) groups excluding carboxylic acids is 1. The molecule has 4 nitrogen and oxygen atoms in total. The Morgan fingerprint density at radius 1 is 1.33 bits per heavy atom. The second-order valence-corrected chi connectivity index (χ2v) is 3.73. The zero-order chi connectivity index (χ0) is 13.5. The van der Waals surface area contributed by atoms with Gasteiger partial charge in [0.05, 0.1) is 27.8 Å². The Morgan fingerprint density at radius 2 is 2.06 bits per heavy atom. The lowest BCUT2D eigenvalue weighted by atomic mass is 9.94. The molecule has 0 unspecified atom stereocenters. The lowest BCUT2D eigenvalue weighted by molar-refractivity contribution is -0.140. The smallest absolute Gasteiger partial charge is 0.306 e. The van der Waals surface area contributed by atoms with Gasteiger partial charge in [0.15, 0.2) is 0 Å². The fourth-order valence-electron chi connectivity index (χ4n) is 1.71. The van der Waals surface area contributed by atoms with Crippen LogP contribution in [-0.4, -0.2) is 27.3 Å². The summed E-state index contributed by atoms with van der Waals surface area (Å²) in [6.07, 6.45) is 1.93. The number of esters is 1. The van der Waals surface area contributed by atoms with Crippen molar-refractivity contribution in [3.8, 4) is 11.5 Å². The van der Waals surface area contributed by atoms with Gasteiger partial charge in [-0.3, -0.25) is 4.79 Å². The standard InChI is InChI=1S/C14H18O4/c1-5-10(8-14(15)18-4)12-9-11(16-2)6-7-13(12)17-3/h5-7,9-10H,1,8H2,2-4H3/t10-/m0/s1. The molecule has 0 heterocycles. The lowest BCUT2D eigenvalue weighted by Crippen LogP contribution is -2.08. The van der Waals surface area contributed by atoms with Crippen LogP contribution in [0.1, 0.15) is 17.9 Å². The average molecular weight is 250 g/mol. The molecule has 0 amide bonds. The third-order valence-electron chi connectivity index (χ3n) is 2.74. The summed E-state index contributed by atoms with van der Waals surface area (Å²) in [7, 11) is 4.55. The van der Waals surface area contributed by atoms with Crippen LogP contribution in [0.4, 0.5) is 0 Å². The normalized spacial score (nSPS) is 11.5. The molecule has 1 aromatic carbocycles. The molecule has 0 saturated heterocycles. The van der Waals surface area contributed by atoms with Crippen molar-refractivity contribution in [3.05, 3.63) is 36.4 Å². The van der Waals surface area contributed by atoms with Gasteiger partial charge >= 0.3 is 5.97 Å². The van der Waals surface area contributed by atoms with Crippen LogP contribution in [0.15, 0.2) is 30.9 Å². The minimum atomic E-state index is -0.287. The number of hydrogen-bond donors (Lipinski definition) is 0. The number of ether oxygens (including phenoxy) is 3. The van der Waals surface area contributed by atoms with Gasteiger partial charge in [-0.1, -0.05) is 6.08 Å². The maximum atomic E-state index is 11.4. The van der Waals surface area contributed by atoms with E-state index in [9.17, 15) is 4.79 Å². The quantitative estimate of drug-likeness (QED) is 0.575. The number of hydrogen-bond acceptors (Lipinski definition) is 4. The summed E-state index contributed by atoms with van der Waals surface area (Å²) >= 11 is 0. The monoisotopic (exact) mass is 250 g/mol. The molecule has 1 aromatic rings. The average Bonchev–Trinajstić information content (AvgIpc) is 2.43. The molecule has 0 radical (unpaired) electrons. The first kappa shape index (κ1) is 14.1. The molecule has 1 rings (SSSR count). The second-order valence-electron chi connectivity index (χ2n) is 3.73. The molecule has 0 spiro atoms. The molecule has 0 fully saturated rings. The highest BCUT2D eigenvalue weighted by Gasteiger charge is 2.18. The Morgan fingerprint density at radius 3 is 2.56 bits per heavy atom. The number of carbonyl (C=O) groups is 1. The van der Waals surface area contributed by atoms with Crippen molar-refractivity contribution >= 4 is 5.97 Å². The van der Waals surface area contributed by atoms with E-state index >= 15 is 0 Å². The lowest BCUT2D eigenvalue weighted by Gasteiger charge is -2.16. The SMILES string of the molecule is C=C[C@@H](CC(=O)OC)c1cc(OC)ccc1OC. The van der Waals surface area contributed by atoms with Crippen LogP contribution in [0.2, 0.25) is 0 Å². The van der Waals surface area contributed by atoms with Gasteiger partial charge in [0, 0.05) is 11.5 Å². The summed E-state index contributed by atoms with van der Waals surface area (Å²) in [4.78, 5) is 11.4. The molecule has 18 heavy (non-hydrogen) atoms. The van der Waals surface area contributed by atoms with E-state index in [1.54, 1.807) is 26.4 Å². The molecule has 98 valence electrons. The number of methoxy groups -OCH3 is 3. The van der Waals surface area contributed by atoms with Gasteiger partial charge < -0.3 is 14.2 Å². The van der Waals surface area contributed by atoms with E-state index in [0.717, 1.165) is 5.56 Å². The van der Waals surface area contributed by atoms with E-state index in [4.69, 9.17) is 9.47 Å². The Labute approximate surface area is 107 Å². The van der Waals surface area contributed by atoms with Crippen LogP contribution in [0.5, 0.6) is 11.5 Å². The first-order chi connectivity index (χ1) is 8.65. The third kappa shape index (κ3) is 3.26. The highest BCUT2D eigenvalue weighted by atomic mass is 16.5. The summed E-state index contributed by atoms with van der Waals surface area (Å²) in [6, 6.07) is 5.46. The zero-order valence-electron chi connectivity index (χ0n) is 10.9. The molecular weight excluding hydrogens is 232 g/mol. The van der Waals surface area contributed by atoms with Gasteiger partial charge in [-0.25, -0.2) is 0 Å². The molecular formula is C14H18O4. The predicted octanol–water partition coefficient (Wildman–Crippen LogP) is 2.54. The van der Waals surface area contributed by atoms with E-state index in [1.165, 1.54) is 7.11 Å². The summed E-state index contributed by atoms with van der Waals surface area (Å²) in [5.74, 6) is 0.958. The van der Waals surface area contributed by atoms with E-state index in [2.05, 4.69) is 11.3 Å². The molecule has 0 saturated carbocycles. The molecule has 0 aliphatic rings. The largest absolute Gasteiger partial charge is 0.497 e. The molecule has 4 heteroatoms. The molecule has 0 aromatic heterocycles. The van der Waals surface area contributed by atoms with Crippen LogP contribution >= 0.6 is 0 Å². The minimum absolute atomic E-state index is 0.164. The molecule has 0 aliphatic heterocycles. The summed E-state index contributed by atoms with van der Waals surface area (Å²) in [5.41, 5.74) is 0.859. The molecule has 0 bridgehead atoms. The number of allylic oxidation sites excluding steroid dienone is 1. The van der Waals surface area contributed by atoms with Crippen LogP contribution in [0.25, 0.3) is 0 Å². The number of rotatable bonds is 6. The van der Waals surface area contributed by atoms with Gasteiger partial charge in [-0.15, -0.1) is 6.58 Å². The Kier molecular flexibility index (Phi) is 5.24. The Hall–Kier alpha value is -1.97. The van der Waals surface area contributed by atoms with Crippen LogP contribution in [0.3, 0.4) is 0 Å². The fourth-order valence-corrected chi connectivity index (χ4v) is 1.71. The van der Waals surface area contributed by atoms with Gasteiger partial charge in [0.2, 0.25) is 0 Å². The first-order valence-electron chi connectivity index (χ1n) is 5.57. The summed E-state index contributed by atoms with van der Waals surface area (Å²) < 4.78 is 15.1. The van der Waals surface area contributed by atoms with Crippen molar-refractivity contribution in [2.75, 3.05) is 21.3 Å². The van der Waals surface area contributed by atoms with Crippen LogP contribution in [0, 0.1) is 0 Å². The predicted molar refractivity (Wildman–Crippen MR) is 69.1 cm³/mol. The van der Waals surface area contributed by atoms with Crippen molar-refractivity contribution in [2.45, 2.75) is 12.3 Å². The highest BCUT2D eigenvalue weighted by Crippen LogP contribution is 2.33. The van der Waals surface area contributed by atoms with Gasteiger partial charge in [0.1, 0.15) is 11.5 Å². The molecule has 0 N–H and O–H groups in total. The van der Waals surface area contributed by atoms with Crippen molar-refractivity contribution < 1.29 is 19.0 Å². The topological polar surface area (TPSA) is 44.8 Å². The summed E-state index contributed by atoms with van der Waals surface area (Å²) in [6.45, 7) is 3.75. The Balaban J connectivity index is 3.09. The van der Waals surface area contributed by atoms with Crippen molar-refractivity contribution in [3.63, 3.8) is 0 Å². The van der Waals surface area contributed by atoms with Gasteiger partial charge in [-0.2, -0.15) is 0 Å². The Bertz CT molecular complexity index is 426. The van der Waals surface area contributed by atoms with Crippen molar-refractivity contribution in [1.82, 2.24) is 0 Å². The third-order valence-corrected chi connectivity index (χ3v) is 2.74. The van der Waals surface area contributed by atoms with Crippen LogP contribution < -0.4 is 9.47 Å². The minimum Gasteiger partial charge on any atom is -0.497 e. The summed E-state index contributed by atoms with van der Waals surface area (Å²) in [5, 5.41) is 0.